The Kier molecular flexibility index (Phi) is 5.90. The van der Waals surface area contributed by atoms with E-state index < -0.39 is 27.4 Å². The molecule has 0 saturated carbocycles. The molecule has 0 aromatic heterocycles. The molecule has 0 radical (unpaired) electrons. The summed E-state index contributed by atoms with van der Waals surface area (Å²) in [6.07, 6.45) is 0.182. The van der Waals surface area contributed by atoms with Crippen molar-refractivity contribution in [3.8, 4) is 0 Å². The van der Waals surface area contributed by atoms with Gasteiger partial charge in [-0.25, -0.2) is 13.2 Å². The average Bonchev–Trinajstić information content (AvgIpc) is 2.61. The highest BCUT2D eigenvalue weighted by molar-refractivity contribution is 7.92. The molecule has 0 bridgehead atoms. The lowest BCUT2D eigenvalue weighted by Gasteiger charge is -2.24. The monoisotopic (exact) mass is 390 g/mol. The molecule has 0 spiro atoms. The molecule has 7 nitrogen and oxygen atoms in total. The molecule has 2 aromatic rings. The van der Waals surface area contributed by atoms with Gasteiger partial charge in [0.1, 0.15) is 5.54 Å². The van der Waals surface area contributed by atoms with Gasteiger partial charge in [-0.2, -0.15) is 0 Å². The summed E-state index contributed by atoms with van der Waals surface area (Å²) in [4.78, 5) is 23.7. The molecule has 144 valence electrons. The fourth-order valence-electron chi connectivity index (χ4n) is 2.34. The van der Waals surface area contributed by atoms with Crippen LogP contribution in [0.15, 0.2) is 53.4 Å². The number of sulfonamides is 1. The van der Waals surface area contributed by atoms with Crippen LogP contribution in [0.2, 0.25) is 0 Å². The predicted octanol–water partition coefficient (Wildman–Crippen LogP) is 2.78. The zero-order valence-corrected chi connectivity index (χ0v) is 16.1. The van der Waals surface area contributed by atoms with Crippen LogP contribution in [0, 0.1) is 6.92 Å². The highest BCUT2D eigenvalue weighted by Gasteiger charge is 2.33. The van der Waals surface area contributed by atoms with Crippen LogP contribution >= 0.6 is 0 Å². The largest absolute Gasteiger partial charge is 0.480 e. The molecule has 1 unspecified atom stereocenters. The summed E-state index contributed by atoms with van der Waals surface area (Å²) in [6.45, 7) is 4.88. The van der Waals surface area contributed by atoms with Gasteiger partial charge in [-0.1, -0.05) is 25.1 Å². The van der Waals surface area contributed by atoms with Crippen LogP contribution in [0.5, 0.6) is 0 Å². The third kappa shape index (κ3) is 4.85. The number of nitrogens with one attached hydrogen (secondary N) is 2. The first kappa shape index (κ1) is 20.4. The van der Waals surface area contributed by atoms with Crippen molar-refractivity contribution >= 4 is 27.6 Å². The molecule has 0 fully saturated rings. The second-order valence-corrected chi connectivity index (χ2v) is 8.13. The second kappa shape index (κ2) is 7.79. The number of hydrogen-bond donors (Lipinski definition) is 3. The minimum absolute atomic E-state index is 0.0584. The highest BCUT2D eigenvalue weighted by Crippen LogP contribution is 2.19. The molecule has 2 rings (SSSR count). The summed E-state index contributed by atoms with van der Waals surface area (Å²) < 4.78 is 27.7. The average molecular weight is 390 g/mol. The molecule has 1 atom stereocenters. The fourth-order valence-corrected chi connectivity index (χ4v) is 3.44. The van der Waals surface area contributed by atoms with Crippen molar-refractivity contribution in [1.29, 1.82) is 0 Å². The summed E-state index contributed by atoms with van der Waals surface area (Å²) in [6, 6.07) is 12.3. The third-order valence-electron chi connectivity index (χ3n) is 4.25. The molecule has 0 aliphatic carbocycles. The Hall–Kier alpha value is -2.87. The second-order valence-electron chi connectivity index (χ2n) is 6.45. The van der Waals surface area contributed by atoms with Crippen LogP contribution in [0.4, 0.5) is 5.69 Å². The lowest BCUT2D eigenvalue weighted by Crippen LogP contribution is -2.51. The molecule has 0 aliphatic heterocycles. The van der Waals surface area contributed by atoms with E-state index in [4.69, 9.17) is 0 Å². The molecule has 0 aliphatic rings. The number of benzene rings is 2. The number of aliphatic carboxylic acids is 1. The smallest absolute Gasteiger partial charge is 0.329 e. The number of carboxylic acids is 1. The van der Waals surface area contributed by atoms with Gasteiger partial charge in [0, 0.05) is 11.3 Å². The van der Waals surface area contributed by atoms with Crippen LogP contribution in [-0.4, -0.2) is 30.9 Å². The van der Waals surface area contributed by atoms with Crippen molar-refractivity contribution in [2.45, 2.75) is 37.6 Å². The molecule has 0 heterocycles. The molecule has 3 N–H and O–H groups in total. The van der Waals surface area contributed by atoms with E-state index in [0.717, 1.165) is 5.56 Å². The summed E-state index contributed by atoms with van der Waals surface area (Å²) in [5.41, 5.74) is -0.0700. The molecular formula is C19H22N2O5S. The van der Waals surface area contributed by atoms with E-state index in [9.17, 15) is 23.1 Å². The van der Waals surface area contributed by atoms with Gasteiger partial charge in [0.2, 0.25) is 0 Å². The van der Waals surface area contributed by atoms with Gasteiger partial charge in [0.25, 0.3) is 15.9 Å². The molecular weight excluding hydrogens is 368 g/mol. The summed E-state index contributed by atoms with van der Waals surface area (Å²) >= 11 is 0. The number of amides is 1. The Labute approximate surface area is 158 Å². The lowest BCUT2D eigenvalue weighted by atomic mass is 9.98. The number of anilines is 1. The van der Waals surface area contributed by atoms with Gasteiger partial charge in [-0.05, 0) is 56.2 Å². The first-order valence-electron chi connectivity index (χ1n) is 8.33. The normalized spacial score (nSPS) is 13.4. The van der Waals surface area contributed by atoms with Crippen molar-refractivity contribution < 1.29 is 23.1 Å². The zero-order chi connectivity index (χ0) is 20.2. The van der Waals surface area contributed by atoms with Crippen LogP contribution in [0.1, 0.15) is 36.2 Å². The summed E-state index contributed by atoms with van der Waals surface area (Å²) in [7, 11) is -3.90. The van der Waals surface area contributed by atoms with Crippen LogP contribution in [-0.2, 0) is 14.8 Å². The van der Waals surface area contributed by atoms with Crippen molar-refractivity contribution in [2.75, 3.05) is 4.72 Å². The van der Waals surface area contributed by atoms with Crippen molar-refractivity contribution in [1.82, 2.24) is 5.32 Å². The van der Waals surface area contributed by atoms with E-state index in [1.165, 1.54) is 31.2 Å². The fraction of sp³-hybridized carbons (Fsp3) is 0.263. The van der Waals surface area contributed by atoms with E-state index in [2.05, 4.69) is 10.0 Å². The van der Waals surface area contributed by atoms with Crippen LogP contribution in [0.3, 0.4) is 0 Å². The van der Waals surface area contributed by atoms with Crippen LogP contribution in [0.25, 0.3) is 0 Å². The third-order valence-corrected chi connectivity index (χ3v) is 5.62. The maximum Gasteiger partial charge on any atom is 0.329 e. The quantitative estimate of drug-likeness (QED) is 0.673. The van der Waals surface area contributed by atoms with Gasteiger partial charge in [0.15, 0.2) is 0 Å². The van der Waals surface area contributed by atoms with E-state index >= 15 is 0 Å². The van der Waals surface area contributed by atoms with Crippen molar-refractivity contribution in [2.24, 2.45) is 0 Å². The maximum atomic E-state index is 12.6. The topological polar surface area (TPSA) is 113 Å². The number of carbonyl (C=O) groups is 2. The van der Waals surface area contributed by atoms with Gasteiger partial charge >= 0.3 is 5.97 Å². The highest BCUT2D eigenvalue weighted by atomic mass is 32.2. The molecule has 1 amide bonds. The first-order valence-corrected chi connectivity index (χ1v) is 9.81. The Morgan fingerprint density at radius 1 is 1.11 bits per heavy atom. The zero-order valence-electron chi connectivity index (χ0n) is 15.3. The minimum atomic E-state index is -3.90. The predicted molar refractivity (Wildman–Crippen MR) is 102 cm³/mol. The Balaban J connectivity index is 2.28. The number of hydrogen-bond acceptors (Lipinski definition) is 4. The number of carboxylic acid groups (broad SMARTS) is 1. The number of rotatable bonds is 7. The SMILES string of the molecule is CCC(C)(NC(=O)c1cccc(S(=O)(=O)Nc2cccc(C)c2)c1)C(=O)O. The molecule has 8 heteroatoms. The summed E-state index contributed by atoms with van der Waals surface area (Å²) in [5, 5.41) is 11.7. The van der Waals surface area contributed by atoms with Crippen molar-refractivity contribution in [3.05, 3.63) is 59.7 Å². The van der Waals surface area contributed by atoms with Gasteiger partial charge in [-0.3, -0.25) is 9.52 Å². The van der Waals surface area contributed by atoms with Gasteiger partial charge < -0.3 is 10.4 Å². The Morgan fingerprint density at radius 3 is 2.37 bits per heavy atom. The lowest BCUT2D eigenvalue weighted by molar-refractivity contribution is -0.143. The van der Waals surface area contributed by atoms with E-state index in [0.29, 0.717) is 5.69 Å². The number of carbonyl (C=O) groups excluding carboxylic acids is 1. The van der Waals surface area contributed by atoms with E-state index in [-0.39, 0.29) is 16.9 Å². The summed E-state index contributed by atoms with van der Waals surface area (Å²) in [5.74, 6) is -1.82. The van der Waals surface area contributed by atoms with E-state index in [1.807, 2.05) is 13.0 Å². The number of aryl methyl sites for hydroxylation is 1. The maximum absolute atomic E-state index is 12.6. The standard InChI is InChI=1S/C19H22N2O5S/c1-4-19(3,18(23)24)20-17(22)14-8-6-10-16(12-14)27(25,26)21-15-9-5-7-13(2)11-15/h5-12,21H,4H2,1-3H3,(H,20,22)(H,23,24). The minimum Gasteiger partial charge on any atom is -0.480 e. The van der Waals surface area contributed by atoms with Crippen molar-refractivity contribution in [3.63, 3.8) is 0 Å². The molecule has 27 heavy (non-hydrogen) atoms. The molecule has 2 aromatic carbocycles. The van der Waals surface area contributed by atoms with Gasteiger partial charge in [-0.15, -0.1) is 0 Å². The molecule has 0 saturated heterocycles. The first-order chi connectivity index (χ1) is 12.6. The van der Waals surface area contributed by atoms with E-state index in [1.54, 1.807) is 25.1 Å². The Morgan fingerprint density at radius 2 is 1.78 bits per heavy atom. The van der Waals surface area contributed by atoms with Crippen LogP contribution < -0.4 is 10.0 Å². The van der Waals surface area contributed by atoms with Gasteiger partial charge in [0.05, 0.1) is 4.90 Å². The Bertz CT molecular complexity index is 972.